The van der Waals surface area contributed by atoms with Gasteiger partial charge < -0.3 is 15.0 Å². The van der Waals surface area contributed by atoms with Crippen LogP contribution < -0.4 is 5.32 Å². The van der Waals surface area contributed by atoms with Gasteiger partial charge >= 0.3 is 12.0 Å². The van der Waals surface area contributed by atoms with E-state index >= 15 is 0 Å². The number of benzene rings is 1. The molecule has 0 spiro atoms. The quantitative estimate of drug-likeness (QED) is 0.662. The highest BCUT2D eigenvalue weighted by molar-refractivity contribution is 5.95. The van der Waals surface area contributed by atoms with Crippen LogP contribution in [0.4, 0.5) is 9.18 Å². The van der Waals surface area contributed by atoms with Crippen molar-refractivity contribution in [2.45, 2.75) is 38.8 Å². The number of hydrogen-bond acceptors (Lipinski definition) is 5. The molecule has 33 heavy (non-hydrogen) atoms. The van der Waals surface area contributed by atoms with Gasteiger partial charge in [-0.25, -0.2) is 14.0 Å². The Kier molecular flexibility index (Phi) is 6.69. The molecule has 2 fully saturated rings. The van der Waals surface area contributed by atoms with Crippen LogP contribution >= 0.6 is 0 Å². The number of esters is 1. The van der Waals surface area contributed by atoms with Crippen molar-refractivity contribution >= 4 is 17.9 Å². The maximum atomic E-state index is 13.5. The second-order valence-electron chi connectivity index (χ2n) is 8.96. The highest BCUT2D eigenvalue weighted by Gasteiger charge is 2.40. The number of likely N-dealkylation sites (N-methyl/N-ethyl adjacent to an activating group) is 1. The van der Waals surface area contributed by atoms with E-state index in [0.717, 1.165) is 12.8 Å². The molecule has 2 aliphatic heterocycles. The summed E-state index contributed by atoms with van der Waals surface area (Å²) in [7, 11) is 1.63. The van der Waals surface area contributed by atoms with E-state index in [1.54, 1.807) is 26.1 Å². The van der Waals surface area contributed by atoms with Gasteiger partial charge in [0, 0.05) is 50.9 Å². The van der Waals surface area contributed by atoms with Crippen molar-refractivity contribution in [2.75, 3.05) is 39.8 Å². The van der Waals surface area contributed by atoms with E-state index in [0.29, 0.717) is 43.0 Å². The van der Waals surface area contributed by atoms with Gasteiger partial charge in [0.2, 0.25) is 5.91 Å². The number of nitrogens with zero attached hydrogens (tertiary/aromatic N) is 3. The average molecular weight is 459 g/mol. The molecule has 0 radical (unpaired) electrons. The molecule has 9 heteroatoms. The number of hydrogen-bond donors (Lipinski definition) is 1. The maximum Gasteiger partial charge on any atom is 0.338 e. The molecule has 1 saturated heterocycles. The molecule has 1 aliphatic carbocycles. The lowest BCUT2D eigenvalue weighted by atomic mass is 9.94. The van der Waals surface area contributed by atoms with E-state index in [9.17, 15) is 18.8 Å². The van der Waals surface area contributed by atoms with Crippen molar-refractivity contribution in [2.24, 2.45) is 5.92 Å². The van der Waals surface area contributed by atoms with Crippen molar-refractivity contribution in [3.63, 3.8) is 0 Å². The van der Waals surface area contributed by atoms with Gasteiger partial charge in [-0.15, -0.1) is 0 Å². The van der Waals surface area contributed by atoms with Gasteiger partial charge in [-0.3, -0.25) is 14.6 Å². The minimum absolute atomic E-state index is 0.0501. The zero-order chi connectivity index (χ0) is 23.7. The largest absolute Gasteiger partial charge is 0.463 e. The number of carbonyl (C=O) groups excluding carboxylic acids is 3. The molecule has 1 aromatic rings. The van der Waals surface area contributed by atoms with Crippen molar-refractivity contribution < 1.29 is 23.5 Å². The Morgan fingerprint density at radius 2 is 1.88 bits per heavy atom. The Morgan fingerprint density at radius 3 is 2.48 bits per heavy atom. The highest BCUT2D eigenvalue weighted by atomic mass is 19.1. The summed E-state index contributed by atoms with van der Waals surface area (Å²) in [5, 5.41) is 2.84. The van der Waals surface area contributed by atoms with Crippen molar-refractivity contribution in [1.82, 2.24) is 20.0 Å². The first kappa shape index (κ1) is 23.2. The third-order valence-electron chi connectivity index (χ3n) is 6.57. The maximum absolute atomic E-state index is 13.5. The van der Waals surface area contributed by atoms with Crippen LogP contribution in [0.15, 0.2) is 35.5 Å². The molecule has 2 atom stereocenters. The first-order valence-corrected chi connectivity index (χ1v) is 11.5. The van der Waals surface area contributed by atoms with Crippen LogP contribution in [0.1, 0.15) is 38.3 Å². The summed E-state index contributed by atoms with van der Waals surface area (Å²) >= 11 is 0. The topological polar surface area (TPSA) is 82.2 Å². The van der Waals surface area contributed by atoms with E-state index in [1.165, 1.54) is 17.0 Å². The first-order valence-electron chi connectivity index (χ1n) is 11.5. The molecule has 8 nitrogen and oxygen atoms in total. The van der Waals surface area contributed by atoms with Crippen LogP contribution in [-0.4, -0.2) is 78.5 Å². The number of piperazine rings is 1. The number of rotatable bonds is 6. The standard InChI is InChI=1S/C24H31FN4O4/c1-4-33-23(31)20-19(14-28-11-12-29(15(2)13-28)22(30)17-5-6-17)27(3)24(32)26-21(20)16-7-9-18(25)10-8-16/h7-10,15,17,21H,4-6,11-14H2,1-3H3,(H,26,32)/t15-,21+/m1/s1. The van der Waals surface area contributed by atoms with Crippen molar-refractivity contribution in [1.29, 1.82) is 0 Å². The number of carbonyl (C=O) groups is 3. The minimum atomic E-state index is -0.737. The van der Waals surface area contributed by atoms with Crippen LogP contribution in [-0.2, 0) is 14.3 Å². The second kappa shape index (κ2) is 9.51. The Hall–Kier alpha value is -2.94. The molecule has 178 valence electrons. The molecule has 2 heterocycles. The third kappa shape index (κ3) is 4.88. The molecular formula is C24H31FN4O4. The molecule has 1 aromatic carbocycles. The van der Waals surface area contributed by atoms with Gasteiger partial charge in [0.15, 0.2) is 0 Å². The summed E-state index contributed by atoms with van der Waals surface area (Å²) in [4.78, 5) is 43.9. The van der Waals surface area contributed by atoms with Crippen LogP contribution in [0.5, 0.6) is 0 Å². The van der Waals surface area contributed by atoms with Crippen LogP contribution in [0.25, 0.3) is 0 Å². The van der Waals surface area contributed by atoms with Crippen molar-refractivity contribution in [3.8, 4) is 0 Å². The number of ether oxygens (including phenoxy) is 1. The lowest BCUT2D eigenvalue weighted by molar-refractivity contribution is -0.139. The smallest absolute Gasteiger partial charge is 0.338 e. The Morgan fingerprint density at radius 1 is 1.18 bits per heavy atom. The average Bonchev–Trinajstić information content (AvgIpc) is 3.62. The fourth-order valence-corrected chi connectivity index (χ4v) is 4.58. The van der Waals surface area contributed by atoms with Gasteiger partial charge in [-0.2, -0.15) is 0 Å². The lowest BCUT2D eigenvalue weighted by Crippen LogP contribution is -2.56. The highest BCUT2D eigenvalue weighted by Crippen LogP contribution is 2.34. The minimum Gasteiger partial charge on any atom is -0.463 e. The summed E-state index contributed by atoms with van der Waals surface area (Å²) < 4.78 is 18.8. The molecular weight excluding hydrogens is 427 g/mol. The Balaban J connectivity index is 1.62. The van der Waals surface area contributed by atoms with E-state index in [-0.39, 0.29) is 30.5 Å². The molecule has 0 aromatic heterocycles. The Bertz CT molecular complexity index is 960. The molecule has 0 unspecified atom stereocenters. The summed E-state index contributed by atoms with van der Waals surface area (Å²) in [6.45, 7) is 6.25. The van der Waals surface area contributed by atoms with E-state index in [2.05, 4.69) is 10.2 Å². The number of halogens is 1. The first-order chi connectivity index (χ1) is 15.8. The van der Waals surface area contributed by atoms with Gasteiger partial charge in [-0.1, -0.05) is 12.1 Å². The molecule has 0 bridgehead atoms. The van der Waals surface area contributed by atoms with Gasteiger partial charge in [0.25, 0.3) is 0 Å². The predicted octanol–water partition coefficient (Wildman–Crippen LogP) is 2.28. The van der Waals surface area contributed by atoms with Gasteiger partial charge in [0.05, 0.1) is 18.2 Å². The number of nitrogens with one attached hydrogen (secondary N) is 1. The van der Waals surface area contributed by atoms with Crippen LogP contribution in [0.3, 0.4) is 0 Å². The molecule has 3 amide bonds. The summed E-state index contributed by atoms with van der Waals surface area (Å²) in [5.74, 6) is -0.488. The molecule has 1 saturated carbocycles. The normalized spacial score (nSPS) is 24.1. The van der Waals surface area contributed by atoms with Crippen LogP contribution in [0, 0.1) is 11.7 Å². The summed E-state index contributed by atoms with van der Waals surface area (Å²) in [6, 6.07) is 4.70. The molecule has 4 rings (SSSR count). The summed E-state index contributed by atoms with van der Waals surface area (Å²) in [5.41, 5.74) is 1.50. The predicted molar refractivity (Wildman–Crippen MR) is 119 cm³/mol. The fourth-order valence-electron chi connectivity index (χ4n) is 4.58. The molecule has 3 aliphatic rings. The third-order valence-corrected chi connectivity index (χ3v) is 6.57. The van der Waals surface area contributed by atoms with Gasteiger partial charge in [0.1, 0.15) is 5.82 Å². The summed E-state index contributed by atoms with van der Waals surface area (Å²) in [6.07, 6.45) is 1.96. The zero-order valence-electron chi connectivity index (χ0n) is 19.3. The van der Waals surface area contributed by atoms with E-state index in [1.807, 2.05) is 11.8 Å². The number of urea groups is 1. The Labute approximate surface area is 193 Å². The fraction of sp³-hybridized carbons (Fsp3) is 0.542. The van der Waals surface area contributed by atoms with E-state index in [4.69, 9.17) is 4.74 Å². The van der Waals surface area contributed by atoms with Crippen LogP contribution in [0.2, 0.25) is 0 Å². The second-order valence-corrected chi connectivity index (χ2v) is 8.96. The van der Waals surface area contributed by atoms with E-state index < -0.39 is 17.8 Å². The van der Waals surface area contributed by atoms with Crippen molar-refractivity contribution in [3.05, 3.63) is 46.9 Å². The SMILES string of the molecule is CCOC(=O)C1=C(CN2CCN(C(=O)C3CC3)[C@H](C)C2)N(C)C(=O)N[C@H]1c1ccc(F)cc1. The monoisotopic (exact) mass is 458 g/mol. The molecule has 1 N–H and O–H groups in total. The zero-order valence-corrected chi connectivity index (χ0v) is 19.3. The number of amides is 3. The van der Waals surface area contributed by atoms with Gasteiger partial charge in [-0.05, 0) is 44.4 Å². The lowest BCUT2D eigenvalue weighted by Gasteiger charge is -2.42.